The second kappa shape index (κ2) is 8.98. The monoisotopic (exact) mass is 360 g/mol. The van der Waals surface area contributed by atoms with Gasteiger partial charge in [0, 0.05) is 58.2 Å². The minimum Gasteiger partial charge on any atom is -0.450 e. The quantitative estimate of drug-likeness (QED) is 0.816. The molecule has 2 amide bonds. The van der Waals surface area contributed by atoms with Crippen molar-refractivity contribution in [3.63, 3.8) is 0 Å². The minimum atomic E-state index is -0.300. The molecule has 0 N–H and O–H groups in total. The number of hydrogen-bond donors (Lipinski definition) is 0. The Labute approximate surface area is 154 Å². The molecule has 2 saturated heterocycles. The van der Waals surface area contributed by atoms with Gasteiger partial charge in [0.15, 0.2) is 0 Å². The molecule has 1 aromatic heterocycles. The fourth-order valence-electron chi connectivity index (χ4n) is 3.69. The summed E-state index contributed by atoms with van der Waals surface area (Å²) >= 11 is 0. The largest absolute Gasteiger partial charge is 0.450 e. The van der Waals surface area contributed by atoms with E-state index in [4.69, 9.17) is 4.74 Å². The molecule has 142 valence electrons. The van der Waals surface area contributed by atoms with Crippen molar-refractivity contribution in [3.8, 4) is 0 Å². The van der Waals surface area contributed by atoms with Crippen LogP contribution in [0.15, 0.2) is 24.5 Å². The maximum Gasteiger partial charge on any atom is 0.409 e. The Morgan fingerprint density at radius 1 is 1.19 bits per heavy atom. The van der Waals surface area contributed by atoms with Gasteiger partial charge in [-0.15, -0.1) is 0 Å². The first-order chi connectivity index (χ1) is 12.7. The Kier molecular flexibility index (Phi) is 6.44. The highest BCUT2D eigenvalue weighted by molar-refractivity contribution is 5.80. The smallest absolute Gasteiger partial charge is 0.409 e. The number of nitrogens with zero attached hydrogens (tertiary/aromatic N) is 4. The average molecular weight is 360 g/mol. The van der Waals surface area contributed by atoms with Crippen LogP contribution in [0.4, 0.5) is 4.79 Å². The zero-order valence-electron chi connectivity index (χ0n) is 15.5. The maximum atomic E-state index is 12.9. The highest BCUT2D eigenvalue weighted by Gasteiger charge is 2.33. The third kappa shape index (κ3) is 4.72. The van der Waals surface area contributed by atoms with Crippen LogP contribution in [0.25, 0.3) is 0 Å². The summed E-state index contributed by atoms with van der Waals surface area (Å²) in [6, 6.07) is 4.03. The molecule has 1 aromatic rings. The molecule has 0 aliphatic carbocycles. The van der Waals surface area contributed by atoms with Gasteiger partial charge < -0.3 is 14.5 Å². The molecule has 0 spiro atoms. The van der Waals surface area contributed by atoms with Gasteiger partial charge in [-0.05, 0) is 31.4 Å². The first-order valence-corrected chi connectivity index (χ1v) is 9.49. The molecule has 2 aliphatic rings. The van der Waals surface area contributed by atoms with Gasteiger partial charge in [0.2, 0.25) is 5.91 Å². The molecule has 0 aromatic carbocycles. The van der Waals surface area contributed by atoms with E-state index < -0.39 is 0 Å². The maximum absolute atomic E-state index is 12.9. The van der Waals surface area contributed by atoms with E-state index in [9.17, 15) is 9.59 Å². The van der Waals surface area contributed by atoms with E-state index in [-0.39, 0.29) is 17.9 Å². The molecule has 7 nitrogen and oxygen atoms in total. The summed E-state index contributed by atoms with van der Waals surface area (Å²) in [7, 11) is 0. The van der Waals surface area contributed by atoms with Crippen LogP contribution in [0.3, 0.4) is 0 Å². The van der Waals surface area contributed by atoms with Crippen molar-refractivity contribution in [3.05, 3.63) is 30.1 Å². The van der Waals surface area contributed by atoms with Crippen molar-refractivity contribution < 1.29 is 14.3 Å². The van der Waals surface area contributed by atoms with Gasteiger partial charge in [0.1, 0.15) is 0 Å². The van der Waals surface area contributed by atoms with Crippen LogP contribution in [0.5, 0.6) is 0 Å². The Morgan fingerprint density at radius 2 is 2.00 bits per heavy atom. The molecule has 0 radical (unpaired) electrons. The number of carbonyl (C=O) groups excluding carboxylic acids is 2. The molecule has 2 aliphatic heterocycles. The van der Waals surface area contributed by atoms with Crippen LogP contribution in [-0.4, -0.2) is 77.6 Å². The fraction of sp³-hybridized carbons (Fsp3) is 0.632. The Balaban J connectivity index is 1.48. The highest BCUT2D eigenvalue weighted by Crippen LogP contribution is 2.20. The van der Waals surface area contributed by atoms with E-state index in [0.29, 0.717) is 19.7 Å². The van der Waals surface area contributed by atoms with Crippen molar-refractivity contribution >= 4 is 12.0 Å². The number of aromatic nitrogens is 1. The van der Waals surface area contributed by atoms with E-state index in [1.807, 2.05) is 17.2 Å². The van der Waals surface area contributed by atoms with Crippen molar-refractivity contribution in [2.24, 2.45) is 5.92 Å². The van der Waals surface area contributed by atoms with Gasteiger partial charge in [-0.3, -0.25) is 14.7 Å². The Bertz CT molecular complexity index is 602. The van der Waals surface area contributed by atoms with Crippen LogP contribution >= 0.6 is 0 Å². The Morgan fingerprint density at radius 3 is 2.69 bits per heavy atom. The Hall–Kier alpha value is -2.15. The lowest BCUT2D eigenvalue weighted by Gasteiger charge is -2.38. The average Bonchev–Trinajstić information content (AvgIpc) is 2.69. The van der Waals surface area contributed by atoms with Gasteiger partial charge in [0.05, 0.1) is 12.5 Å². The second-order valence-corrected chi connectivity index (χ2v) is 6.95. The lowest BCUT2D eigenvalue weighted by atomic mass is 9.96. The molecule has 0 bridgehead atoms. The van der Waals surface area contributed by atoms with E-state index in [1.165, 1.54) is 5.56 Å². The summed E-state index contributed by atoms with van der Waals surface area (Å²) in [6.07, 6.45) is 5.08. The van der Waals surface area contributed by atoms with Crippen molar-refractivity contribution in [2.75, 3.05) is 45.9 Å². The summed E-state index contributed by atoms with van der Waals surface area (Å²) in [5, 5.41) is 0. The number of piperazine rings is 1. The number of rotatable bonds is 4. The van der Waals surface area contributed by atoms with E-state index in [1.54, 1.807) is 18.0 Å². The first-order valence-electron chi connectivity index (χ1n) is 9.49. The molecule has 2 fully saturated rings. The number of amides is 2. The van der Waals surface area contributed by atoms with Crippen molar-refractivity contribution in [1.29, 1.82) is 0 Å². The topological polar surface area (TPSA) is 66.0 Å². The summed E-state index contributed by atoms with van der Waals surface area (Å²) < 4.78 is 5.08. The lowest BCUT2D eigenvalue weighted by Crippen LogP contribution is -2.52. The van der Waals surface area contributed by atoms with Crippen molar-refractivity contribution in [1.82, 2.24) is 19.7 Å². The van der Waals surface area contributed by atoms with Gasteiger partial charge in [-0.1, -0.05) is 6.07 Å². The molecule has 1 unspecified atom stereocenters. The SMILES string of the molecule is CCOC(=O)N1CCCC(C(=O)N2CCN(Cc3cccnc3)CC2)C1. The summed E-state index contributed by atoms with van der Waals surface area (Å²) in [5.74, 6) is 0.0815. The van der Waals surface area contributed by atoms with Gasteiger partial charge in [0.25, 0.3) is 0 Å². The summed E-state index contributed by atoms with van der Waals surface area (Å²) in [5.41, 5.74) is 1.20. The van der Waals surface area contributed by atoms with E-state index in [2.05, 4.69) is 16.0 Å². The standard InChI is InChI=1S/C19H28N4O3/c1-2-26-19(25)23-8-4-6-17(15-23)18(24)22-11-9-21(10-12-22)14-16-5-3-7-20-13-16/h3,5,7,13,17H,2,4,6,8-12,14-15H2,1H3. The van der Waals surface area contributed by atoms with E-state index >= 15 is 0 Å². The van der Waals surface area contributed by atoms with Gasteiger partial charge in [-0.25, -0.2) is 4.79 Å². The molecule has 0 saturated carbocycles. The number of likely N-dealkylation sites (tertiary alicyclic amines) is 1. The second-order valence-electron chi connectivity index (χ2n) is 6.95. The normalized spacial score (nSPS) is 21.5. The fourth-order valence-corrected chi connectivity index (χ4v) is 3.69. The third-order valence-electron chi connectivity index (χ3n) is 5.11. The predicted molar refractivity (Wildman–Crippen MR) is 97.4 cm³/mol. The molecule has 3 heterocycles. The lowest BCUT2D eigenvalue weighted by molar-refractivity contribution is -0.138. The number of ether oxygens (including phenoxy) is 1. The molecule has 1 atom stereocenters. The third-order valence-corrected chi connectivity index (χ3v) is 5.11. The predicted octanol–water partition coefficient (Wildman–Crippen LogP) is 1.59. The summed E-state index contributed by atoms with van der Waals surface area (Å²) in [4.78, 5) is 34.9. The van der Waals surface area contributed by atoms with Crippen LogP contribution in [0.2, 0.25) is 0 Å². The van der Waals surface area contributed by atoms with Crippen LogP contribution in [0.1, 0.15) is 25.3 Å². The first kappa shape index (κ1) is 18.6. The summed E-state index contributed by atoms with van der Waals surface area (Å²) in [6.45, 7) is 7.43. The molecule has 3 rings (SSSR count). The highest BCUT2D eigenvalue weighted by atomic mass is 16.6. The van der Waals surface area contributed by atoms with Gasteiger partial charge >= 0.3 is 6.09 Å². The zero-order valence-corrected chi connectivity index (χ0v) is 15.5. The molecular formula is C19H28N4O3. The number of piperidine rings is 1. The van der Waals surface area contributed by atoms with Crippen LogP contribution in [0, 0.1) is 5.92 Å². The van der Waals surface area contributed by atoms with Crippen LogP contribution < -0.4 is 0 Å². The molecule has 26 heavy (non-hydrogen) atoms. The molecule has 7 heteroatoms. The zero-order chi connectivity index (χ0) is 18.4. The number of carbonyl (C=O) groups is 2. The van der Waals surface area contributed by atoms with Crippen molar-refractivity contribution in [2.45, 2.75) is 26.3 Å². The van der Waals surface area contributed by atoms with Gasteiger partial charge in [-0.2, -0.15) is 0 Å². The van der Waals surface area contributed by atoms with E-state index in [0.717, 1.165) is 45.6 Å². The number of hydrogen-bond acceptors (Lipinski definition) is 5. The minimum absolute atomic E-state index is 0.0990. The van der Waals surface area contributed by atoms with Crippen LogP contribution in [-0.2, 0) is 16.1 Å². The molecular weight excluding hydrogens is 332 g/mol. The number of pyridine rings is 1.